The number of anilines is 3. The second-order valence-corrected chi connectivity index (χ2v) is 4.98. The fraction of sp³-hybridized carbons (Fsp3) is 0.0714. The number of nitrogen functional groups attached to an aromatic ring is 1. The largest absolute Gasteiger partial charge is 0.465 e. The van der Waals surface area contributed by atoms with E-state index < -0.39 is 11.8 Å². The molecule has 2 rings (SSSR count). The summed E-state index contributed by atoms with van der Waals surface area (Å²) in [5.74, 6) is -1.25. The third-order valence-electron chi connectivity index (χ3n) is 2.74. The van der Waals surface area contributed by atoms with E-state index in [0.29, 0.717) is 15.7 Å². The number of rotatable bonds is 3. The molecule has 4 nitrogen and oxygen atoms in total. The summed E-state index contributed by atoms with van der Waals surface area (Å²) in [6, 6.07) is 7.06. The van der Waals surface area contributed by atoms with Crippen LogP contribution in [0.4, 0.5) is 21.5 Å². The van der Waals surface area contributed by atoms with Gasteiger partial charge in [-0.05, 0) is 30.3 Å². The van der Waals surface area contributed by atoms with E-state index in [1.165, 1.54) is 19.2 Å². The van der Waals surface area contributed by atoms with Crippen LogP contribution in [0.15, 0.2) is 30.3 Å². The van der Waals surface area contributed by atoms with Crippen molar-refractivity contribution in [3.8, 4) is 0 Å². The van der Waals surface area contributed by atoms with Crippen LogP contribution in [-0.4, -0.2) is 13.1 Å². The number of carbonyl (C=O) groups excluding carboxylic acids is 1. The van der Waals surface area contributed by atoms with Crippen molar-refractivity contribution in [3.63, 3.8) is 0 Å². The van der Waals surface area contributed by atoms with Gasteiger partial charge >= 0.3 is 5.97 Å². The summed E-state index contributed by atoms with van der Waals surface area (Å²) in [4.78, 5) is 11.6. The molecule has 0 saturated heterocycles. The minimum atomic E-state index is -0.648. The van der Waals surface area contributed by atoms with Crippen molar-refractivity contribution in [2.24, 2.45) is 0 Å². The molecular weight excluding hydrogens is 318 g/mol. The van der Waals surface area contributed by atoms with Gasteiger partial charge in [0.05, 0.1) is 28.4 Å². The molecule has 110 valence electrons. The van der Waals surface area contributed by atoms with Gasteiger partial charge in [-0.1, -0.05) is 23.2 Å². The lowest BCUT2D eigenvalue weighted by Gasteiger charge is -2.11. The highest BCUT2D eigenvalue weighted by Crippen LogP contribution is 2.29. The molecule has 0 fully saturated rings. The van der Waals surface area contributed by atoms with Crippen LogP contribution in [0.5, 0.6) is 0 Å². The second kappa shape index (κ2) is 6.20. The van der Waals surface area contributed by atoms with Crippen molar-refractivity contribution in [2.45, 2.75) is 0 Å². The number of hydrogen-bond acceptors (Lipinski definition) is 4. The Balaban J connectivity index is 2.39. The van der Waals surface area contributed by atoms with Crippen molar-refractivity contribution in [2.75, 3.05) is 18.2 Å². The molecule has 0 atom stereocenters. The molecule has 7 heteroatoms. The summed E-state index contributed by atoms with van der Waals surface area (Å²) >= 11 is 11.7. The van der Waals surface area contributed by atoms with Crippen LogP contribution >= 0.6 is 23.2 Å². The van der Waals surface area contributed by atoms with Crippen molar-refractivity contribution >= 4 is 46.2 Å². The van der Waals surface area contributed by atoms with Gasteiger partial charge < -0.3 is 15.8 Å². The molecule has 0 unspecified atom stereocenters. The number of nitrogens with one attached hydrogen (secondary N) is 1. The molecule has 0 aliphatic carbocycles. The van der Waals surface area contributed by atoms with E-state index in [4.69, 9.17) is 28.9 Å². The van der Waals surface area contributed by atoms with E-state index >= 15 is 0 Å². The van der Waals surface area contributed by atoms with Crippen molar-refractivity contribution in [1.29, 1.82) is 0 Å². The van der Waals surface area contributed by atoms with Gasteiger partial charge in [0, 0.05) is 11.4 Å². The van der Waals surface area contributed by atoms with E-state index in [2.05, 4.69) is 10.1 Å². The van der Waals surface area contributed by atoms with E-state index in [1.54, 1.807) is 12.1 Å². The highest BCUT2D eigenvalue weighted by Gasteiger charge is 2.15. The Morgan fingerprint density at radius 3 is 2.57 bits per heavy atom. The minimum absolute atomic E-state index is 0.000890. The number of nitrogens with two attached hydrogens (primary N) is 1. The number of esters is 1. The number of carbonyl (C=O) groups is 1. The number of ether oxygens (including phenoxy) is 1. The zero-order chi connectivity index (χ0) is 15.6. The molecule has 0 aliphatic heterocycles. The lowest BCUT2D eigenvalue weighted by atomic mass is 10.1. The molecule has 2 aromatic carbocycles. The Morgan fingerprint density at radius 1 is 1.24 bits per heavy atom. The summed E-state index contributed by atoms with van der Waals surface area (Å²) in [7, 11) is 1.22. The SMILES string of the molecule is COC(=O)c1cc(Nc2ccc(Cl)c(Cl)c2)c(F)cc1N. The average molecular weight is 329 g/mol. The Hall–Kier alpha value is -1.98. The first-order chi connectivity index (χ1) is 9.92. The van der Waals surface area contributed by atoms with E-state index in [-0.39, 0.29) is 16.9 Å². The molecule has 0 aliphatic rings. The van der Waals surface area contributed by atoms with Crippen LogP contribution in [-0.2, 0) is 4.74 Å². The summed E-state index contributed by atoms with van der Waals surface area (Å²) in [5, 5.41) is 3.51. The molecule has 0 radical (unpaired) electrons. The zero-order valence-corrected chi connectivity index (χ0v) is 12.4. The van der Waals surface area contributed by atoms with Gasteiger partial charge in [-0.15, -0.1) is 0 Å². The van der Waals surface area contributed by atoms with Crippen molar-refractivity contribution in [3.05, 3.63) is 51.8 Å². The monoisotopic (exact) mass is 328 g/mol. The number of hydrogen-bond donors (Lipinski definition) is 2. The van der Waals surface area contributed by atoms with E-state index in [1.807, 2.05) is 0 Å². The number of benzene rings is 2. The predicted octanol–water partition coefficient (Wildman–Crippen LogP) is 4.24. The Morgan fingerprint density at radius 2 is 1.95 bits per heavy atom. The molecule has 3 N–H and O–H groups in total. The molecular formula is C14H11Cl2FN2O2. The van der Waals surface area contributed by atoms with Crippen LogP contribution in [0.3, 0.4) is 0 Å². The molecule has 0 spiro atoms. The van der Waals surface area contributed by atoms with Crippen molar-refractivity contribution in [1.82, 2.24) is 0 Å². The highest BCUT2D eigenvalue weighted by molar-refractivity contribution is 6.42. The topological polar surface area (TPSA) is 64.3 Å². The van der Waals surface area contributed by atoms with Crippen LogP contribution in [0, 0.1) is 5.82 Å². The highest BCUT2D eigenvalue weighted by atomic mass is 35.5. The fourth-order valence-corrected chi connectivity index (χ4v) is 2.00. The molecule has 0 heterocycles. The summed E-state index contributed by atoms with van der Waals surface area (Å²) in [6.45, 7) is 0. The van der Waals surface area contributed by atoms with E-state index in [9.17, 15) is 9.18 Å². The van der Waals surface area contributed by atoms with Gasteiger partial charge in [-0.3, -0.25) is 0 Å². The molecule has 0 bridgehead atoms. The van der Waals surface area contributed by atoms with Gasteiger partial charge in [0.2, 0.25) is 0 Å². The van der Waals surface area contributed by atoms with Gasteiger partial charge in [0.1, 0.15) is 5.82 Å². The molecule has 0 amide bonds. The van der Waals surface area contributed by atoms with Gasteiger partial charge in [-0.2, -0.15) is 0 Å². The van der Waals surface area contributed by atoms with Crippen LogP contribution in [0.2, 0.25) is 10.0 Å². The maximum Gasteiger partial charge on any atom is 0.340 e. The summed E-state index contributed by atoms with van der Waals surface area (Å²) in [6.07, 6.45) is 0. The predicted molar refractivity (Wildman–Crippen MR) is 81.9 cm³/mol. The fourth-order valence-electron chi connectivity index (χ4n) is 1.70. The summed E-state index contributed by atoms with van der Waals surface area (Å²) < 4.78 is 18.5. The first kappa shape index (κ1) is 15.4. The molecule has 0 saturated carbocycles. The normalized spacial score (nSPS) is 10.3. The van der Waals surface area contributed by atoms with Crippen LogP contribution in [0.25, 0.3) is 0 Å². The lowest BCUT2D eigenvalue weighted by molar-refractivity contribution is 0.0602. The van der Waals surface area contributed by atoms with Gasteiger partial charge in [0.25, 0.3) is 0 Å². The smallest absolute Gasteiger partial charge is 0.340 e. The van der Waals surface area contributed by atoms with Gasteiger partial charge in [0.15, 0.2) is 0 Å². The van der Waals surface area contributed by atoms with Crippen LogP contribution in [0.1, 0.15) is 10.4 Å². The molecule has 21 heavy (non-hydrogen) atoms. The Labute approximate surface area is 130 Å². The van der Waals surface area contributed by atoms with Crippen molar-refractivity contribution < 1.29 is 13.9 Å². The Kier molecular flexibility index (Phi) is 4.55. The second-order valence-electron chi connectivity index (χ2n) is 4.16. The Bertz CT molecular complexity index is 708. The van der Waals surface area contributed by atoms with Crippen LogP contribution < -0.4 is 11.1 Å². The maximum absolute atomic E-state index is 13.9. The minimum Gasteiger partial charge on any atom is -0.465 e. The maximum atomic E-state index is 13.9. The van der Waals surface area contributed by atoms with E-state index in [0.717, 1.165) is 6.07 Å². The molecule has 0 aromatic heterocycles. The first-order valence-corrected chi connectivity index (χ1v) is 6.57. The third-order valence-corrected chi connectivity index (χ3v) is 3.48. The quantitative estimate of drug-likeness (QED) is 0.653. The number of halogens is 3. The lowest BCUT2D eigenvalue weighted by Crippen LogP contribution is -2.07. The first-order valence-electron chi connectivity index (χ1n) is 5.81. The number of methoxy groups -OCH3 is 1. The summed E-state index contributed by atoms with van der Waals surface area (Å²) in [5.41, 5.74) is 6.26. The molecule has 2 aromatic rings. The van der Waals surface area contributed by atoms with Gasteiger partial charge in [-0.25, -0.2) is 9.18 Å². The standard InChI is InChI=1S/C14H11Cl2FN2O2/c1-21-14(20)8-5-13(11(17)6-12(8)18)19-7-2-3-9(15)10(16)4-7/h2-6,19H,18H2,1H3. The average Bonchev–Trinajstić information content (AvgIpc) is 2.45. The zero-order valence-electron chi connectivity index (χ0n) is 10.9. The third kappa shape index (κ3) is 3.37.